The van der Waals surface area contributed by atoms with Crippen molar-refractivity contribution in [1.29, 1.82) is 0 Å². The van der Waals surface area contributed by atoms with Crippen molar-refractivity contribution in [3.63, 3.8) is 0 Å². The zero-order chi connectivity index (χ0) is 15.4. The zero-order valence-corrected chi connectivity index (χ0v) is 13.7. The van der Waals surface area contributed by atoms with E-state index in [1.54, 1.807) is 18.4 Å². The fraction of sp³-hybridized carbons (Fsp3) is 0.438. The monoisotopic (exact) mass is 320 g/mol. The number of fused-ring (bicyclic) bond motifs is 1. The topological polar surface area (TPSA) is 52.6 Å². The van der Waals surface area contributed by atoms with Gasteiger partial charge in [-0.1, -0.05) is 0 Å². The molecule has 118 valence electrons. The second-order valence-electron chi connectivity index (χ2n) is 5.13. The quantitative estimate of drug-likeness (QED) is 0.829. The highest BCUT2D eigenvalue weighted by molar-refractivity contribution is 7.09. The highest BCUT2D eigenvalue weighted by Crippen LogP contribution is 2.40. The summed E-state index contributed by atoms with van der Waals surface area (Å²) in [5, 5.41) is 6.69. The molecule has 0 saturated carbocycles. The van der Waals surface area contributed by atoms with Crippen molar-refractivity contribution in [2.24, 2.45) is 0 Å². The molecule has 1 aliphatic rings. The first kappa shape index (κ1) is 15.1. The summed E-state index contributed by atoms with van der Waals surface area (Å²) in [5.41, 5.74) is 2.22. The summed E-state index contributed by atoms with van der Waals surface area (Å²) in [6.45, 7) is 4.82. The Balaban J connectivity index is 1.58. The Morgan fingerprint density at radius 1 is 1.32 bits per heavy atom. The smallest absolute Gasteiger partial charge is 0.203 e. The lowest BCUT2D eigenvalue weighted by molar-refractivity contribution is 0.165. The highest BCUT2D eigenvalue weighted by atomic mass is 32.1. The molecule has 2 aromatic rings. The lowest BCUT2D eigenvalue weighted by atomic mass is 10.1. The van der Waals surface area contributed by atoms with Crippen LogP contribution in [-0.4, -0.2) is 31.9 Å². The van der Waals surface area contributed by atoms with Crippen molar-refractivity contribution in [3.05, 3.63) is 33.8 Å². The van der Waals surface area contributed by atoms with Crippen molar-refractivity contribution in [3.8, 4) is 17.2 Å². The van der Waals surface area contributed by atoms with Gasteiger partial charge in [0.05, 0.1) is 12.1 Å². The van der Waals surface area contributed by atoms with Crippen LogP contribution in [0, 0.1) is 6.92 Å². The predicted octanol–water partition coefficient (Wildman–Crippen LogP) is 2.56. The summed E-state index contributed by atoms with van der Waals surface area (Å²) < 4.78 is 16.6. The molecule has 1 aromatic heterocycles. The standard InChI is InChI=1S/C16H20N2O3S/c1-11-10-22-15(18-11)3-4-17-9-12-7-13(19-2)16-14(8-12)20-5-6-21-16/h7-8,10,17H,3-6,9H2,1-2H3. The molecule has 0 amide bonds. The molecule has 0 aliphatic carbocycles. The average Bonchev–Trinajstić information content (AvgIpc) is 2.96. The number of ether oxygens (including phenoxy) is 3. The Morgan fingerprint density at radius 2 is 2.18 bits per heavy atom. The minimum Gasteiger partial charge on any atom is -0.493 e. The van der Waals surface area contributed by atoms with Crippen LogP contribution in [0.15, 0.2) is 17.5 Å². The number of thiazole rings is 1. The van der Waals surface area contributed by atoms with E-state index in [0.29, 0.717) is 19.0 Å². The normalized spacial score (nSPS) is 13.2. The van der Waals surface area contributed by atoms with Crippen LogP contribution >= 0.6 is 11.3 Å². The molecule has 0 spiro atoms. The van der Waals surface area contributed by atoms with E-state index in [1.807, 2.05) is 19.1 Å². The summed E-state index contributed by atoms with van der Waals surface area (Å²) >= 11 is 1.71. The molecule has 0 radical (unpaired) electrons. The molecule has 2 heterocycles. The number of methoxy groups -OCH3 is 1. The van der Waals surface area contributed by atoms with Gasteiger partial charge in [-0.2, -0.15) is 0 Å². The number of nitrogens with zero attached hydrogens (tertiary/aromatic N) is 1. The number of hydrogen-bond donors (Lipinski definition) is 1. The molecule has 0 saturated heterocycles. The largest absolute Gasteiger partial charge is 0.493 e. The van der Waals surface area contributed by atoms with Gasteiger partial charge in [0.15, 0.2) is 11.5 Å². The summed E-state index contributed by atoms with van der Waals surface area (Å²) in [5.74, 6) is 2.19. The molecule has 1 N–H and O–H groups in total. The summed E-state index contributed by atoms with van der Waals surface area (Å²) in [6, 6.07) is 4.01. The Bertz CT molecular complexity index is 625. The van der Waals surface area contributed by atoms with Crippen LogP contribution in [0.3, 0.4) is 0 Å². The predicted molar refractivity (Wildman–Crippen MR) is 86.2 cm³/mol. The van der Waals surface area contributed by atoms with E-state index < -0.39 is 0 Å². The van der Waals surface area contributed by atoms with Crippen LogP contribution in [-0.2, 0) is 13.0 Å². The van der Waals surface area contributed by atoms with E-state index in [0.717, 1.165) is 42.3 Å². The zero-order valence-electron chi connectivity index (χ0n) is 12.8. The molecular weight excluding hydrogens is 300 g/mol. The summed E-state index contributed by atoms with van der Waals surface area (Å²) in [7, 11) is 1.65. The summed E-state index contributed by atoms with van der Waals surface area (Å²) in [6.07, 6.45) is 0.945. The number of benzene rings is 1. The highest BCUT2D eigenvalue weighted by Gasteiger charge is 2.18. The van der Waals surface area contributed by atoms with E-state index >= 15 is 0 Å². The Kier molecular flexibility index (Phi) is 4.80. The van der Waals surface area contributed by atoms with Gasteiger partial charge in [-0.15, -0.1) is 11.3 Å². The third-order valence-corrected chi connectivity index (χ3v) is 4.43. The second-order valence-corrected chi connectivity index (χ2v) is 6.07. The SMILES string of the molecule is COc1cc(CNCCc2nc(C)cs2)cc2c1OCCO2. The fourth-order valence-corrected chi connectivity index (χ4v) is 3.15. The molecule has 1 aromatic carbocycles. The minimum atomic E-state index is 0.564. The lowest BCUT2D eigenvalue weighted by Crippen LogP contribution is -2.19. The molecule has 1 aliphatic heterocycles. The van der Waals surface area contributed by atoms with E-state index in [-0.39, 0.29) is 0 Å². The molecule has 5 nitrogen and oxygen atoms in total. The maximum absolute atomic E-state index is 5.64. The van der Waals surface area contributed by atoms with E-state index in [4.69, 9.17) is 14.2 Å². The lowest BCUT2D eigenvalue weighted by Gasteiger charge is -2.21. The van der Waals surface area contributed by atoms with Crippen molar-refractivity contribution in [1.82, 2.24) is 10.3 Å². The van der Waals surface area contributed by atoms with Gasteiger partial charge < -0.3 is 19.5 Å². The van der Waals surface area contributed by atoms with Crippen LogP contribution in [0.25, 0.3) is 0 Å². The van der Waals surface area contributed by atoms with Gasteiger partial charge in [0.2, 0.25) is 5.75 Å². The number of nitrogens with one attached hydrogen (secondary N) is 1. The van der Waals surface area contributed by atoms with E-state index in [1.165, 1.54) is 5.01 Å². The maximum atomic E-state index is 5.64. The van der Waals surface area contributed by atoms with Gasteiger partial charge in [-0.25, -0.2) is 4.98 Å². The molecule has 3 rings (SSSR count). The van der Waals surface area contributed by atoms with Crippen molar-refractivity contribution in [2.75, 3.05) is 26.9 Å². The van der Waals surface area contributed by atoms with Crippen molar-refractivity contribution in [2.45, 2.75) is 19.9 Å². The first-order valence-electron chi connectivity index (χ1n) is 7.34. The van der Waals surface area contributed by atoms with Crippen LogP contribution in [0.5, 0.6) is 17.2 Å². The Morgan fingerprint density at radius 3 is 2.95 bits per heavy atom. The number of aromatic nitrogens is 1. The summed E-state index contributed by atoms with van der Waals surface area (Å²) in [4.78, 5) is 4.46. The van der Waals surface area contributed by atoms with Gasteiger partial charge >= 0.3 is 0 Å². The van der Waals surface area contributed by atoms with E-state index in [2.05, 4.69) is 15.7 Å². The van der Waals surface area contributed by atoms with E-state index in [9.17, 15) is 0 Å². The third-order valence-electron chi connectivity index (χ3n) is 3.40. The molecule has 0 unspecified atom stereocenters. The van der Waals surface area contributed by atoms with Gasteiger partial charge in [0.1, 0.15) is 13.2 Å². The molecule has 0 fully saturated rings. The van der Waals surface area contributed by atoms with Gasteiger partial charge in [0, 0.05) is 30.6 Å². The molecular formula is C16H20N2O3S. The average molecular weight is 320 g/mol. The van der Waals surface area contributed by atoms with Gasteiger partial charge in [0.25, 0.3) is 0 Å². The third kappa shape index (κ3) is 3.51. The van der Waals surface area contributed by atoms with Crippen molar-refractivity contribution >= 4 is 11.3 Å². The minimum absolute atomic E-state index is 0.564. The molecule has 22 heavy (non-hydrogen) atoms. The Hall–Kier alpha value is -1.79. The van der Waals surface area contributed by atoms with Gasteiger partial charge in [-0.3, -0.25) is 0 Å². The molecule has 6 heteroatoms. The van der Waals surface area contributed by atoms with Crippen LogP contribution in [0.2, 0.25) is 0 Å². The molecule has 0 atom stereocenters. The first-order valence-corrected chi connectivity index (χ1v) is 8.22. The number of rotatable bonds is 6. The van der Waals surface area contributed by atoms with Crippen LogP contribution < -0.4 is 19.5 Å². The second kappa shape index (κ2) is 6.98. The number of aryl methyl sites for hydroxylation is 1. The number of hydrogen-bond acceptors (Lipinski definition) is 6. The van der Waals surface area contributed by atoms with Crippen molar-refractivity contribution < 1.29 is 14.2 Å². The van der Waals surface area contributed by atoms with Crippen LogP contribution in [0.4, 0.5) is 0 Å². The maximum Gasteiger partial charge on any atom is 0.203 e. The Labute approximate surface area is 134 Å². The first-order chi connectivity index (χ1) is 10.8. The van der Waals surface area contributed by atoms with Gasteiger partial charge in [-0.05, 0) is 24.6 Å². The molecule has 0 bridgehead atoms. The fourth-order valence-electron chi connectivity index (χ4n) is 2.38. The van der Waals surface area contributed by atoms with Crippen LogP contribution in [0.1, 0.15) is 16.3 Å².